The first-order valence-electron chi connectivity index (χ1n) is 12.5. The summed E-state index contributed by atoms with van der Waals surface area (Å²) in [5.74, 6) is 1.45. The van der Waals surface area contributed by atoms with Gasteiger partial charge in [-0.3, -0.25) is 25.0 Å². The van der Waals surface area contributed by atoms with Crippen molar-refractivity contribution >= 4 is 21.9 Å². The van der Waals surface area contributed by atoms with Crippen LogP contribution in [0.3, 0.4) is 0 Å². The van der Waals surface area contributed by atoms with Gasteiger partial charge in [0.2, 0.25) is 0 Å². The summed E-state index contributed by atoms with van der Waals surface area (Å²) in [4.78, 5) is 25.9. The zero-order valence-corrected chi connectivity index (χ0v) is 20.1. The molecule has 0 radical (unpaired) electrons. The number of pyridine rings is 4. The number of H-pyrrole nitrogens is 2. The fraction of sp³-hybridized carbons (Fsp3) is 0.214. The van der Waals surface area contributed by atoms with Gasteiger partial charge in [-0.1, -0.05) is 6.42 Å². The molecule has 182 valence electrons. The molecular formula is C28H24N8O. The van der Waals surface area contributed by atoms with Crippen molar-refractivity contribution in [1.29, 1.82) is 0 Å². The molecule has 6 aromatic heterocycles. The molecule has 0 spiro atoms. The maximum Gasteiger partial charge on any atom is 0.159 e. The highest BCUT2D eigenvalue weighted by molar-refractivity contribution is 5.97. The van der Waals surface area contributed by atoms with Crippen LogP contribution in [0.15, 0.2) is 67.6 Å². The van der Waals surface area contributed by atoms with Crippen LogP contribution < -0.4 is 4.74 Å². The zero-order valence-electron chi connectivity index (χ0n) is 20.1. The summed E-state index contributed by atoms with van der Waals surface area (Å²) in [5.41, 5.74) is 6.86. The number of nitrogens with one attached hydrogen (secondary N) is 2. The minimum Gasteiger partial charge on any atom is -0.489 e. The summed E-state index contributed by atoms with van der Waals surface area (Å²) in [6.45, 7) is 0. The Morgan fingerprint density at radius 3 is 2.57 bits per heavy atom. The zero-order chi connectivity index (χ0) is 24.6. The van der Waals surface area contributed by atoms with Gasteiger partial charge in [0.25, 0.3) is 0 Å². The van der Waals surface area contributed by atoms with Gasteiger partial charge >= 0.3 is 0 Å². The molecule has 1 fully saturated rings. The molecule has 9 nitrogen and oxygen atoms in total. The Balaban J connectivity index is 1.26. The van der Waals surface area contributed by atoms with Crippen molar-refractivity contribution in [2.24, 2.45) is 0 Å². The van der Waals surface area contributed by atoms with E-state index in [2.05, 4.69) is 35.1 Å². The Morgan fingerprint density at radius 2 is 1.68 bits per heavy atom. The molecule has 2 N–H and O–H groups in total. The third-order valence-electron chi connectivity index (χ3n) is 6.92. The van der Waals surface area contributed by atoms with Crippen molar-refractivity contribution in [3.63, 3.8) is 0 Å². The van der Waals surface area contributed by atoms with Gasteiger partial charge in [-0.05, 0) is 55.5 Å². The van der Waals surface area contributed by atoms with E-state index in [1.54, 1.807) is 31.0 Å². The van der Waals surface area contributed by atoms with Crippen LogP contribution in [0.25, 0.3) is 55.8 Å². The summed E-state index contributed by atoms with van der Waals surface area (Å²) in [7, 11) is 0. The van der Waals surface area contributed by atoms with Crippen LogP contribution in [0.1, 0.15) is 32.1 Å². The Kier molecular flexibility index (Phi) is 5.31. The third-order valence-corrected chi connectivity index (χ3v) is 6.92. The maximum absolute atomic E-state index is 6.23. The second-order valence-corrected chi connectivity index (χ2v) is 9.38. The number of aromatic amines is 2. The highest BCUT2D eigenvalue weighted by atomic mass is 16.5. The first-order valence-corrected chi connectivity index (χ1v) is 12.5. The summed E-state index contributed by atoms with van der Waals surface area (Å²) < 4.78 is 6.23. The predicted molar refractivity (Wildman–Crippen MR) is 141 cm³/mol. The third kappa shape index (κ3) is 4.08. The van der Waals surface area contributed by atoms with Crippen LogP contribution in [0, 0.1) is 0 Å². The van der Waals surface area contributed by atoms with Gasteiger partial charge in [0, 0.05) is 41.3 Å². The molecule has 7 rings (SSSR count). The quantitative estimate of drug-likeness (QED) is 0.318. The second-order valence-electron chi connectivity index (χ2n) is 9.38. The normalized spacial score (nSPS) is 14.4. The number of fused-ring (bicyclic) bond motifs is 2. The van der Waals surface area contributed by atoms with Crippen molar-refractivity contribution in [2.45, 2.75) is 38.2 Å². The van der Waals surface area contributed by atoms with Crippen LogP contribution in [0.5, 0.6) is 5.75 Å². The van der Waals surface area contributed by atoms with Crippen LogP contribution in [-0.2, 0) is 0 Å². The van der Waals surface area contributed by atoms with Gasteiger partial charge < -0.3 is 9.72 Å². The molecule has 0 aliphatic heterocycles. The van der Waals surface area contributed by atoms with E-state index in [1.165, 1.54) is 19.3 Å². The van der Waals surface area contributed by atoms with Crippen molar-refractivity contribution in [3.8, 4) is 39.7 Å². The average Bonchev–Trinajstić information content (AvgIpc) is 3.58. The highest BCUT2D eigenvalue weighted by Crippen LogP contribution is 2.32. The summed E-state index contributed by atoms with van der Waals surface area (Å²) in [6.07, 6.45) is 18.7. The van der Waals surface area contributed by atoms with Crippen LogP contribution in [0.4, 0.5) is 0 Å². The first-order chi connectivity index (χ1) is 18.3. The van der Waals surface area contributed by atoms with Crippen LogP contribution in [0.2, 0.25) is 0 Å². The van der Waals surface area contributed by atoms with E-state index in [0.29, 0.717) is 5.82 Å². The lowest BCUT2D eigenvalue weighted by Gasteiger charge is -2.22. The lowest BCUT2D eigenvalue weighted by atomic mass is 9.98. The van der Waals surface area contributed by atoms with Crippen molar-refractivity contribution in [3.05, 3.63) is 67.6 Å². The molecule has 1 aliphatic rings. The Hall–Kier alpha value is -4.66. The van der Waals surface area contributed by atoms with Gasteiger partial charge in [0.05, 0.1) is 46.9 Å². The summed E-state index contributed by atoms with van der Waals surface area (Å²) in [6, 6.07) is 7.94. The van der Waals surface area contributed by atoms with E-state index >= 15 is 0 Å². The van der Waals surface area contributed by atoms with E-state index in [4.69, 9.17) is 9.72 Å². The van der Waals surface area contributed by atoms with Gasteiger partial charge in [0.15, 0.2) is 5.82 Å². The number of aromatic nitrogens is 8. The molecule has 0 bridgehead atoms. The minimum atomic E-state index is 0.265. The largest absolute Gasteiger partial charge is 0.489 e. The molecule has 0 aromatic carbocycles. The standard InChI is InChI=1S/C28H24N8O/c1-2-4-19(5-3-1)37-20-10-18(12-30-13-20)23-11-21-24(16-32-23)35-36-27(21)28-33-25-15-31-14-22(26(25)34-28)17-6-8-29-9-7-17/h6-16,19H,1-5H2,(H,33,34)(H,35,36). The van der Waals surface area contributed by atoms with Crippen LogP contribution in [-0.4, -0.2) is 46.2 Å². The number of imidazole rings is 1. The number of hydrogen-bond acceptors (Lipinski definition) is 7. The molecule has 1 aliphatic carbocycles. The lowest BCUT2D eigenvalue weighted by molar-refractivity contribution is 0.154. The summed E-state index contributed by atoms with van der Waals surface area (Å²) >= 11 is 0. The van der Waals surface area contributed by atoms with Gasteiger partial charge in [-0.2, -0.15) is 5.10 Å². The van der Waals surface area contributed by atoms with Crippen molar-refractivity contribution in [1.82, 2.24) is 40.1 Å². The maximum atomic E-state index is 6.23. The number of ether oxygens (including phenoxy) is 1. The van der Waals surface area contributed by atoms with Crippen LogP contribution >= 0.6 is 0 Å². The molecule has 9 heteroatoms. The molecular weight excluding hydrogens is 464 g/mol. The fourth-order valence-electron chi connectivity index (χ4n) is 5.04. The van der Waals surface area contributed by atoms with E-state index in [0.717, 1.165) is 68.6 Å². The van der Waals surface area contributed by atoms with Gasteiger partial charge in [0.1, 0.15) is 11.4 Å². The monoisotopic (exact) mass is 488 g/mol. The Bertz CT molecular complexity index is 1700. The average molecular weight is 489 g/mol. The fourth-order valence-corrected chi connectivity index (χ4v) is 5.04. The second kappa shape index (κ2) is 9.09. The molecule has 6 aromatic rings. The molecule has 37 heavy (non-hydrogen) atoms. The Morgan fingerprint density at radius 1 is 0.811 bits per heavy atom. The highest BCUT2D eigenvalue weighted by Gasteiger charge is 2.18. The number of nitrogens with zero attached hydrogens (tertiary/aromatic N) is 6. The van der Waals surface area contributed by atoms with Crippen molar-refractivity contribution in [2.75, 3.05) is 0 Å². The molecule has 0 unspecified atom stereocenters. The molecule has 1 saturated carbocycles. The van der Waals surface area contributed by atoms with E-state index in [9.17, 15) is 0 Å². The van der Waals surface area contributed by atoms with E-state index in [1.807, 2.05) is 36.7 Å². The van der Waals surface area contributed by atoms with E-state index < -0.39 is 0 Å². The molecule has 0 atom stereocenters. The number of hydrogen-bond donors (Lipinski definition) is 2. The number of rotatable bonds is 5. The van der Waals surface area contributed by atoms with Crippen molar-refractivity contribution < 1.29 is 4.74 Å². The SMILES string of the molecule is c1cc(-c2cncc3[nH]c(-c4n[nH]c5cnc(-c6cncc(OC7CCCCC7)c6)cc45)nc23)ccn1. The predicted octanol–water partition coefficient (Wildman–Crippen LogP) is 5.73. The Labute approximate surface area is 212 Å². The molecule has 0 amide bonds. The minimum absolute atomic E-state index is 0.265. The topological polar surface area (TPSA) is 118 Å². The molecule has 6 heterocycles. The first kappa shape index (κ1) is 21.6. The van der Waals surface area contributed by atoms with E-state index in [-0.39, 0.29) is 6.10 Å². The lowest BCUT2D eigenvalue weighted by Crippen LogP contribution is -2.19. The smallest absolute Gasteiger partial charge is 0.159 e. The van der Waals surface area contributed by atoms with Gasteiger partial charge in [-0.15, -0.1) is 0 Å². The molecule has 0 saturated heterocycles. The van der Waals surface area contributed by atoms with Gasteiger partial charge in [-0.25, -0.2) is 4.98 Å². The summed E-state index contributed by atoms with van der Waals surface area (Å²) in [5, 5.41) is 8.57.